The standard InChI is InChI=1S/C10H15P/c1-3-9-4-6-10(7-5-9)8(2)11/h4-8H,3,11H2,1-2H3. The van der Waals surface area contributed by atoms with Gasteiger partial charge in [0.1, 0.15) is 0 Å². The van der Waals surface area contributed by atoms with Gasteiger partial charge in [-0.15, -0.1) is 9.24 Å². The Balaban J connectivity index is 2.83. The molecule has 0 radical (unpaired) electrons. The zero-order valence-electron chi connectivity index (χ0n) is 7.17. The Morgan fingerprint density at radius 1 is 1.27 bits per heavy atom. The van der Waals surface area contributed by atoms with Crippen LogP contribution in [0.2, 0.25) is 0 Å². The minimum atomic E-state index is 0.570. The third-order valence-electron chi connectivity index (χ3n) is 1.91. The Morgan fingerprint density at radius 2 is 1.82 bits per heavy atom. The van der Waals surface area contributed by atoms with Crippen molar-refractivity contribution in [2.45, 2.75) is 25.9 Å². The van der Waals surface area contributed by atoms with Crippen LogP contribution in [-0.2, 0) is 6.42 Å². The fourth-order valence-corrected chi connectivity index (χ4v) is 1.28. The van der Waals surface area contributed by atoms with Crippen molar-refractivity contribution in [1.29, 1.82) is 0 Å². The van der Waals surface area contributed by atoms with Crippen LogP contribution in [0.25, 0.3) is 0 Å². The summed E-state index contributed by atoms with van der Waals surface area (Å²) in [5, 5.41) is 0. The van der Waals surface area contributed by atoms with E-state index in [1.807, 2.05) is 0 Å². The van der Waals surface area contributed by atoms with Crippen molar-refractivity contribution < 1.29 is 0 Å². The molecule has 0 N–H and O–H groups in total. The van der Waals surface area contributed by atoms with E-state index in [1.165, 1.54) is 11.1 Å². The molecule has 0 bridgehead atoms. The molecule has 1 heteroatoms. The molecule has 2 atom stereocenters. The van der Waals surface area contributed by atoms with Gasteiger partial charge in [0, 0.05) is 0 Å². The van der Waals surface area contributed by atoms with Crippen LogP contribution >= 0.6 is 9.24 Å². The van der Waals surface area contributed by atoms with Gasteiger partial charge >= 0.3 is 0 Å². The summed E-state index contributed by atoms with van der Waals surface area (Å²) in [6.07, 6.45) is 1.13. The summed E-state index contributed by atoms with van der Waals surface area (Å²) in [7, 11) is 2.80. The predicted molar refractivity (Wildman–Crippen MR) is 53.9 cm³/mol. The van der Waals surface area contributed by atoms with Gasteiger partial charge in [0.2, 0.25) is 0 Å². The first-order valence-corrected chi connectivity index (χ1v) is 4.75. The molecular weight excluding hydrogens is 151 g/mol. The minimum absolute atomic E-state index is 0.570. The summed E-state index contributed by atoms with van der Waals surface area (Å²) in [5.41, 5.74) is 3.38. The Hall–Kier alpha value is -0.350. The van der Waals surface area contributed by atoms with Gasteiger partial charge < -0.3 is 0 Å². The molecular formula is C10H15P. The number of hydrogen-bond donors (Lipinski definition) is 0. The molecule has 0 aliphatic heterocycles. The molecule has 2 unspecified atom stereocenters. The van der Waals surface area contributed by atoms with E-state index in [2.05, 4.69) is 47.4 Å². The molecule has 0 spiro atoms. The first kappa shape index (κ1) is 8.74. The van der Waals surface area contributed by atoms with Crippen molar-refractivity contribution in [3.8, 4) is 0 Å². The van der Waals surface area contributed by atoms with Crippen LogP contribution in [0.4, 0.5) is 0 Å². The maximum absolute atomic E-state index is 2.80. The van der Waals surface area contributed by atoms with Crippen molar-refractivity contribution in [1.82, 2.24) is 0 Å². The van der Waals surface area contributed by atoms with E-state index in [0.717, 1.165) is 6.42 Å². The van der Waals surface area contributed by atoms with Crippen LogP contribution in [0.15, 0.2) is 24.3 Å². The highest BCUT2D eigenvalue weighted by atomic mass is 31.0. The molecule has 0 aliphatic carbocycles. The molecule has 0 saturated carbocycles. The van der Waals surface area contributed by atoms with Crippen LogP contribution in [0.5, 0.6) is 0 Å². The molecule has 0 saturated heterocycles. The first-order valence-electron chi connectivity index (χ1n) is 4.08. The molecule has 1 rings (SSSR count). The molecule has 0 heterocycles. The maximum atomic E-state index is 2.80. The topological polar surface area (TPSA) is 0 Å². The Bertz CT molecular complexity index is 211. The summed E-state index contributed by atoms with van der Waals surface area (Å²) in [5.74, 6) is 0. The van der Waals surface area contributed by atoms with E-state index in [4.69, 9.17) is 0 Å². The third-order valence-corrected chi connectivity index (χ3v) is 2.30. The maximum Gasteiger partial charge on any atom is -0.00428 e. The zero-order valence-corrected chi connectivity index (χ0v) is 8.33. The largest absolute Gasteiger partial charge is 0.130 e. The molecule has 11 heavy (non-hydrogen) atoms. The quantitative estimate of drug-likeness (QED) is 0.592. The first-order chi connectivity index (χ1) is 5.24. The van der Waals surface area contributed by atoms with Gasteiger partial charge in [-0.2, -0.15) is 0 Å². The van der Waals surface area contributed by atoms with Crippen LogP contribution in [0, 0.1) is 0 Å². The monoisotopic (exact) mass is 166 g/mol. The zero-order chi connectivity index (χ0) is 8.27. The number of rotatable bonds is 2. The molecule has 60 valence electrons. The van der Waals surface area contributed by atoms with Crippen LogP contribution < -0.4 is 0 Å². The van der Waals surface area contributed by atoms with Crippen molar-refractivity contribution in [2.24, 2.45) is 0 Å². The third kappa shape index (κ3) is 2.31. The second-order valence-corrected chi connectivity index (χ2v) is 3.88. The van der Waals surface area contributed by atoms with Crippen molar-refractivity contribution in [3.63, 3.8) is 0 Å². The molecule has 0 aromatic heterocycles. The average Bonchev–Trinajstić information content (AvgIpc) is 2.05. The van der Waals surface area contributed by atoms with Gasteiger partial charge in [-0.3, -0.25) is 0 Å². The van der Waals surface area contributed by atoms with E-state index in [-0.39, 0.29) is 0 Å². The van der Waals surface area contributed by atoms with Crippen molar-refractivity contribution in [2.75, 3.05) is 0 Å². The van der Waals surface area contributed by atoms with E-state index in [1.54, 1.807) is 0 Å². The van der Waals surface area contributed by atoms with Crippen molar-refractivity contribution in [3.05, 3.63) is 35.4 Å². The lowest BCUT2D eigenvalue weighted by molar-refractivity contribution is 1.08. The fraction of sp³-hybridized carbons (Fsp3) is 0.400. The second kappa shape index (κ2) is 3.88. The van der Waals surface area contributed by atoms with E-state index < -0.39 is 0 Å². The second-order valence-electron chi connectivity index (χ2n) is 2.88. The highest BCUT2D eigenvalue weighted by molar-refractivity contribution is 7.17. The fourth-order valence-electron chi connectivity index (χ4n) is 1.06. The van der Waals surface area contributed by atoms with Gasteiger partial charge in [-0.05, 0) is 23.2 Å². The summed E-state index contributed by atoms with van der Waals surface area (Å²) >= 11 is 0. The number of aryl methyl sites for hydroxylation is 1. The normalized spacial score (nSPS) is 13.0. The predicted octanol–water partition coefficient (Wildman–Crippen LogP) is 3.19. The molecule has 0 amide bonds. The smallest absolute Gasteiger partial charge is 0.00428 e. The van der Waals surface area contributed by atoms with E-state index >= 15 is 0 Å². The summed E-state index contributed by atoms with van der Waals surface area (Å²) in [4.78, 5) is 0. The lowest BCUT2D eigenvalue weighted by Crippen LogP contribution is -1.84. The molecule has 0 fully saturated rings. The number of hydrogen-bond acceptors (Lipinski definition) is 0. The number of benzene rings is 1. The minimum Gasteiger partial charge on any atom is -0.130 e. The highest BCUT2D eigenvalue weighted by Gasteiger charge is 1.96. The van der Waals surface area contributed by atoms with E-state index in [9.17, 15) is 0 Å². The Morgan fingerprint density at radius 3 is 2.18 bits per heavy atom. The van der Waals surface area contributed by atoms with Crippen molar-refractivity contribution >= 4 is 9.24 Å². The molecule has 1 aromatic carbocycles. The lowest BCUT2D eigenvalue weighted by Gasteiger charge is -2.04. The van der Waals surface area contributed by atoms with Crippen LogP contribution in [-0.4, -0.2) is 0 Å². The molecule has 1 aromatic rings. The summed E-state index contributed by atoms with van der Waals surface area (Å²) < 4.78 is 0. The SMILES string of the molecule is CCc1ccc(C(C)P)cc1. The van der Waals surface area contributed by atoms with Crippen LogP contribution in [0.3, 0.4) is 0 Å². The van der Waals surface area contributed by atoms with Crippen LogP contribution in [0.1, 0.15) is 30.6 Å². The van der Waals surface area contributed by atoms with Gasteiger partial charge in [0.15, 0.2) is 0 Å². The Labute approximate surface area is 71.2 Å². The highest BCUT2D eigenvalue weighted by Crippen LogP contribution is 2.21. The molecule has 0 aliphatic rings. The molecule has 0 nitrogen and oxygen atoms in total. The van der Waals surface area contributed by atoms with Gasteiger partial charge in [-0.25, -0.2) is 0 Å². The average molecular weight is 166 g/mol. The summed E-state index contributed by atoms with van der Waals surface area (Å²) in [6, 6.07) is 8.82. The van der Waals surface area contributed by atoms with Gasteiger partial charge in [0.25, 0.3) is 0 Å². The lowest BCUT2D eigenvalue weighted by atomic mass is 10.1. The van der Waals surface area contributed by atoms with Gasteiger partial charge in [0.05, 0.1) is 0 Å². The van der Waals surface area contributed by atoms with E-state index in [0.29, 0.717) is 5.66 Å². The Kier molecular flexibility index (Phi) is 3.08. The summed E-state index contributed by atoms with van der Waals surface area (Å²) in [6.45, 7) is 4.37. The van der Waals surface area contributed by atoms with Gasteiger partial charge in [-0.1, -0.05) is 38.1 Å².